The highest BCUT2D eigenvalue weighted by molar-refractivity contribution is 7.78. The van der Waals surface area contributed by atoms with Crippen molar-refractivity contribution in [3.8, 4) is 10.6 Å². The Hall–Kier alpha value is -2.19. The molecule has 4 rings (SSSR count). The molecular weight excluding hydrogens is 366 g/mol. The van der Waals surface area contributed by atoms with E-state index >= 15 is 0 Å². The first-order chi connectivity index (χ1) is 12.6. The summed E-state index contributed by atoms with van der Waals surface area (Å²) in [6.07, 6.45) is 6.03. The highest BCUT2D eigenvalue weighted by atomic mass is 32.1. The Kier molecular flexibility index (Phi) is 4.78. The summed E-state index contributed by atoms with van der Waals surface area (Å²) in [6.45, 7) is 2.06. The number of fused-ring (bicyclic) bond motifs is 1. The molecule has 8 heteroatoms. The highest BCUT2D eigenvalue weighted by Gasteiger charge is 2.24. The number of anilines is 1. The van der Waals surface area contributed by atoms with Crippen LogP contribution in [0.5, 0.6) is 0 Å². The van der Waals surface area contributed by atoms with Crippen LogP contribution in [-0.4, -0.2) is 31.3 Å². The van der Waals surface area contributed by atoms with Gasteiger partial charge < -0.3 is 0 Å². The van der Waals surface area contributed by atoms with Gasteiger partial charge in [0.25, 0.3) is 0 Å². The number of aromatic nitrogens is 3. The summed E-state index contributed by atoms with van der Waals surface area (Å²) in [5.41, 5.74) is 1.99. The van der Waals surface area contributed by atoms with Crippen molar-refractivity contribution in [1.82, 2.24) is 19.3 Å². The van der Waals surface area contributed by atoms with Crippen LogP contribution in [0, 0.1) is 6.92 Å². The summed E-state index contributed by atoms with van der Waals surface area (Å²) >= 11 is 6.02. The molecule has 0 aromatic carbocycles. The number of amides is 2. The topological polar surface area (TPSA) is 71.0 Å². The molecule has 0 unspecified atom stereocenters. The lowest BCUT2D eigenvalue weighted by atomic mass is 10.2. The van der Waals surface area contributed by atoms with Gasteiger partial charge in [0, 0.05) is 10.9 Å². The van der Waals surface area contributed by atoms with E-state index in [1.165, 1.54) is 9.18 Å². The summed E-state index contributed by atoms with van der Waals surface area (Å²) in [5.74, 6) is 0.452. The van der Waals surface area contributed by atoms with Gasteiger partial charge in [-0.2, -0.15) is 0 Å². The molecule has 0 atom stereocenters. The number of hydrogen-bond acceptors (Lipinski definition) is 6. The molecule has 3 heterocycles. The van der Waals surface area contributed by atoms with Crippen LogP contribution in [0.25, 0.3) is 21.7 Å². The molecule has 2 amide bonds. The minimum absolute atomic E-state index is 0.187. The molecule has 0 bridgehead atoms. The Morgan fingerprint density at radius 1 is 1.23 bits per heavy atom. The molecule has 1 fully saturated rings. The van der Waals surface area contributed by atoms with E-state index in [-0.39, 0.29) is 12.1 Å². The van der Waals surface area contributed by atoms with Crippen LogP contribution >= 0.6 is 24.2 Å². The number of carbonyl (C=O) groups excluding carboxylic acids is 1. The molecular formula is C18H19N5OS2. The lowest BCUT2D eigenvalue weighted by Gasteiger charge is -2.22. The van der Waals surface area contributed by atoms with Crippen LogP contribution in [0.1, 0.15) is 30.6 Å². The van der Waals surface area contributed by atoms with Crippen molar-refractivity contribution in [2.24, 2.45) is 0 Å². The van der Waals surface area contributed by atoms with E-state index in [4.69, 9.17) is 0 Å². The molecule has 0 radical (unpaired) electrons. The van der Waals surface area contributed by atoms with Crippen LogP contribution < -0.4 is 5.32 Å². The third-order valence-electron chi connectivity index (χ3n) is 4.51. The highest BCUT2D eigenvalue weighted by Crippen LogP contribution is 2.27. The quantitative estimate of drug-likeness (QED) is 0.642. The normalized spacial score (nSPS) is 14.7. The average molecular weight is 386 g/mol. The summed E-state index contributed by atoms with van der Waals surface area (Å²) in [7, 11) is 0. The minimum atomic E-state index is -0.259. The fraction of sp³-hybridized carbons (Fsp3) is 0.333. The Bertz CT molecular complexity index is 952. The number of pyridine rings is 1. The van der Waals surface area contributed by atoms with Gasteiger partial charge in [-0.15, -0.1) is 11.3 Å². The molecule has 1 saturated carbocycles. The number of carbonyl (C=O) groups is 1. The first-order valence-electron chi connectivity index (χ1n) is 8.60. The number of thiophene rings is 1. The molecule has 0 saturated heterocycles. The number of urea groups is 1. The Labute approximate surface area is 161 Å². The maximum Gasteiger partial charge on any atom is 0.333 e. The van der Waals surface area contributed by atoms with Crippen LogP contribution in [0.3, 0.4) is 0 Å². The van der Waals surface area contributed by atoms with Gasteiger partial charge in [0.1, 0.15) is 17.0 Å². The SMILES string of the molecule is Cc1ccc(-c2cnc3ccc(NC(=O)N(S)C4CCCC4)nc3n2)s1. The molecule has 1 aliphatic rings. The summed E-state index contributed by atoms with van der Waals surface area (Å²) < 4.78 is 1.48. The number of rotatable bonds is 3. The molecule has 6 nitrogen and oxygen atoms in total. The molecule has 1 N–H and O–H groups in total. The van der Waals surface area contributed by atoms with Gasteiger partial charge in [-0.05, 0) is 44.0 Å². The van der Waals surface area contributed by atoms with Crippen LogP contribution in [0.2, 0.25) is 0 Å². The molecule has 1 aliphatic carbocycles. The van der Waals surface area contributed by atoms with E-state index in [1.807, 2.05) is 12.1 Å². The predicted octanol–water partition coefficient (Wildman–Crippen LogP) is 4.68. The Balaban J connectivity index is 1.57. The summed E-state index contributed by atoms with van der Waals surface area (Å²) in [4.78, 5) is 28.1. The maximum atomic E-state index is 12.4. The van der Waals surface area contributed by atoms with Gasteiger partial charge in [0.15, 0.2) is 5.65 Å². The molecule has 3 aromatic heterocycles. The van der Waals surface area contributed by atoms with Crippen molar-refractivity contribution in [2.45, 2.75) is 38.6 Å². The van der Waals surface area contributed by atoms with Crippen molar-refractivity contribution < 1.29 is 4.79 Å². The standard InChI is InChI=1S/C18H19N5OS2/c1-11-6-8-15(26-11)14-10-19-13-7-9-16(21-17(13)20-14)22-18(24)23(25)12-4-2-3-5-12/h6-10,12,25H,2-5H2,1H3,(H,20,21,22,24). The second-order valence-corrected chi connectivity index (χ2v) is 8.14. The maximum absolute atomic E-state index is 12.4. The van der Waals surface area contributed by atoms with Crippen molar-refractivity contribution in [3.63, 3.8) is 0 Å². The zero-order valence-corrected chi connectivity index (χ0v) is 16.1. The van der Waals surface area contributed by atoms with E-state index in [2.05, 4.69) is 46.1 Å². The first kappa shape index (κ1) is 17.2. The lowest BCUT2D eigenvalue weighted by Crippen LogP contribution is -2.34. The lowest BCUT2D eigenvalue weighted by molar-refractivity contribution is 0.230. The van der Waals surface area contributed by atoms with Gasteiger partial charge in [-0.1, -0.05) is 25.7 Å². The van der Waals surface area contributed by atoms with E-state index < -0.39 is 0 Å². The van der Waals surface area contributed by atoms with Gasteiger partial charge in [-0.3, -0.25) is 14.6 Å². The Morgan fingerprint density at radius 3 is 2.77 bits per heavy atom. The number of nitrogens with one attached hydrogen (secondary N) is 1. The van der Waals surface area contributed by atoms with E-state index in [0.717, 1.165) is 36.3 Å². The molecule has 134 valence electrons. The fourth-order valence-electron chi connectivity index (χ4n) is 3.14. The first-order valence-corrected chi connectivity index (χ1v) is 9.81. The number of hydrogen-bond donors (Lipinski definition) is 2. The summed E-state index contributed by atoms with van der Waals surface area (Å²) in [5, 5.41) is 2.81. The largest absolute Gasteiger partial charge is 0.333 e. The van der Waals surface area contributed by atoms with Crippen molar-refractivity contribution in [1.29, 1.82) is 0 Å². The van der Waals surface area contributed by atoms with Crippen molar-refractivity contribution in [2.75, 3.05) is 5.32 Å². The van der Waals surface area contributed by atoms with Crippen LogP contribution in [-0.2, 0) is 0 Å². The van der Waals surface area contributed by atoms with E-state index in [1.54, 1.807) is 23.6 Å². The average Bonchev–Trinajstić information content (AvgIpc) is 3.32. The Morgan fingerprint density at radius 2 is 2.04 bits per heavy atom. The number of thiol groups is 1. The second-order valence-electron chi connectivity index (χ2n) is 6.42. The minimum Gasteiger partial charge on any atom is -0.291 e. The van der Waals surface area contributed by atoms with Gasteiger partial charge in [-0.25, -0.2) is 14.8 Å². The molecule has 26 heavy (non-hydrogen) atoms. The second kappa shape index (κ2) is 7.20. The molecule has 0 aliphatic heterocycles. The third kappa shape index (κ3) is 3.52. The van der Waals surface area contributed by atoms with E-state index in [0.29, 0.717) is 17.0 Å². The van der Waals surface area contributed by atoms with Crippen LogP contribution in [0.15, 0.2) is 30.5 Å². The fourth-order valence-corrected chi connectivity index (χ4v) is 4.24. The zero-order chi connectivity index (χ0) is 18.1. The monoisotopic (exact) mass is 385 g/mol. The van der Waals surface area contributed by atoms with Crippen molar-refractivity contribution in [3.05, 3.63) is 35.3 Å². The zero-order valence-electron chi connectivity index (χ0n) is 14.3. The van der Waals surface area contributed by atoms with Gasteiger partial charge in [0.2, 0.25) is 0 Å². The summed E-state index contributed by atoms with van der Waals surface area (Å²) in [6, 6.07) is 7.56. The van der Waals surface area contributed by atoms with Gasteiger partial charge >= 0.3 is 6.03 Å². The molecule has 0 spiro atoms. The number of aryl methyl sites for hydroxylation is 1. The third-order valence-corrected chi connectivity index (χ3v) is 6.04. The van der Waals surface area contributed by atoms with Crippen molar-refractivity contribution >= 4 is 47.2 Å². The predicted molar refractivity (Wildman–Crippen MR) is 107 cm³/mol. The molecule has 3 aromatic rings. The number of nitrogens with zero attached hydrogens (tertiary/aromatic N) is 4. The van der Waals surface area contributed by atoms with Gasteiger partial charge in [0.05, 0.1) is 11.1 Å². The van der Waals surface area contributed by atoms with E-state index in [9.17, 15) is 4.79 Å². The smallest absolute Gasteiger partial charge is 0.291 e. The van der Waals surface area contributed by atoms with Crippen LogP contribution in [0.4, 0.5) is 10.6 Å².